The van der Waals surface area contributed by atoms with Gasteiger partial charge in [0.25, 0.3) is 5.78 Å². The first-order valence-corrected chi connectivity index (χ1v) is 14.5. The van der Waals surface area contributed by atoms with Crippen LogP contribution in [0.4, 0.5) is 22.0 Å². The number of anilines is 3. The molecule has 6 rings (SSSR count). The summed E-state index contributed by atoms with van der Waals surface area (Å²) in [6, 6.07) is 8.61. The average molecular weight is 556 g/mol. The number of furan rings is 1. The number of nitrogens with zero attached hydrogens (tertiary/aromatic N) is 7. The van der Waals surface area contributed by atoms with E-state index < -0.39 is 11.2 Å². The van der Waals surface area contributed by atoms with E-state index in [1.54, 1.807) is 24.5 Å². The van der Waals surface area contributed by atoms with Gasteiger partial charge in [-0.15, -0.1) is 5.10 Å². The predicted octanol–water partition coefficient (Wildman–Crippen LogP) is 2.02. The first kappa shape index (κ1) is 25.6. The van der Waals surface area contributed by atoms with Gasteiger partial charge < -0.3 is 29.7 Å². The second kappa shape index (κ2) is 11.2. The Balaban J connectivity index is 0.985. The molecule has 14 heteroatoms. The van der Waals surface area contributed by atoms with E-state index >= 15 is 0 Å². The lowest BCUT2D eigenvalue weighted by molar-refractivity contribution is 0.189. The molecule has 0 radical (unpaired) electrons. The maximum atomic E-state index is 14.9. The van der Waals surface area contributed by atoms with E-state index in [1.807, 2.05) is 6.07 Å². The summed E-state index contributed by atoms with van der Waals surface area (Å²) < 4.78 is 39.1. The van der Waals surface area contributed by atoms with Crippen molar-refractivity contribution in [3.63, 3.8) is 0 Å². The number of hydrogen-bond donors (Lipinski definition) is 2. The van der Waals surface area contributed by atoms with E-state index in [1.165, 1.54) is 10.6 Å². The number of fused-ring (bicyclic) bond motifs is 1. The van der Waals surface area contributed by atoms with Crippen LogP contribution in [0, 0.1) is 5.82 Å². The second-order valence-electron chi connectivity index (χ2n) is 9.56. The molecule has 3 N–H and O–H groups in total. The van der Waals surface area contributed by atoms with Gasteiger partial charge in [-0.05, 0) is 24.3 Å². The summed E-state index contributed by atoms with van der Waals surface area (Å²) in [7, 11) is 0. The molecule has 2 aliphatic heterocycles. The van der Waals surface area contributed by atoms with Crippen molar-refractivity contribution >= 4 is 34.5 Å². The van der Waals surface area contributed by atoms with Crippen molar-refractivity contribution < 1.29 is 18.1 Å². The topological polar surface area (TPSA) is 146 Å². The minimum atomic E-state index is -0.744. The van der Waals surface area contributed by atoms with Gasteiger partial charge in [0.15, 0.2) is 5.76 Å². The van der Waals surface area contributed by atoms with Crippen molar-refractivity contribution in [3.8, 4) is 17.3 Å². The van der Waals surface area contributed by atoms with Crippen molar-refractivity contribution in [2.24, 2.45) is 0 Å². The number of nitrogens with one attached hydrogen (secondary N) is 1. The van der Waals surface area contributed by atoms with E-state index in [0.29, 0.717) is 52.8 Å². The molecule has 4 aromatic rings. The summed E-state index contributed by atoms with van der Waals surface area (Å²) in [5.74, 6) is 3.35. The van der Waals surface area contributed by atoms with Gasteiger partial charge in [0.1, 0.15) is 29.2 Å². The molecule has 2 fully saturated rings. The first-order valence-electron chi connectivity index (χ1n) is 13.0. The zero-order valence-corrected chi connectivity index (χ0v) is 22.1. The highest BCUT2D eigenvalue weighted by molar-refractivity contribution is 7.91. The maximum absolute atomic E-state index is 14.9. The quantitative estimate of drug-likeness (QED) is 0.308. The predicted molar refractivity (Wildman–Crippen MR) is 146 cm³/mol. The van der Waals surface area contributed by atoms with Crippen LogP contribution in [0.3, 0.4) is 0 Å². The van der Waals surface area contributed by atoms with Crippen LogP contribution in [-0.4, -0.2) is 90.9 Å². The molecule has 0 atom stereocenters. The van der Waals surface area contributed by atoms with Gasteiger partial charge in [-0.3, -0.25) is 4.90 Å². The summed E-state index contributed by atoms with van der Waals surface area (Å²) in [5, 5.41) is 7.51. The average Bonchev–Trinajstić information content (AvgIpc) is 3.61. The van der Waals surface area contributed by atoms with Gasteiger partial charge in [0.05, 0.1) is 12.0 Å². The van der Waals surface area contributed by atoms with Crippen molar-refractivity contribution in [2.75, 3.05) is 66.7 Å². The highest BCUT2D eigenvalue weighted by Gasteiger charge is 2.24. The molecular weight excluding hydrogens is 525 g/mol. The minimum absolute atomic E-state index is 0.00410. The molecule has 2 saturated heterocycles. The van der Waals surface area contributed by atoms with Crippen LogP contribution in [0.15, 0.2) is 41.0 Å². The molecule has 0 aliphatic carbocycles. The third-order valence-electron chi connectivity index (χ3n) is 6.96. The Hall–Kier alpha value is -3.62. The monoisotopic (exact) mass is 555 g/mol. The lowest BCUT2D eigenvalue weighted by atomic mass is 10.2. The van der Waals surface area contributed by atoms with Crippen molar-refractivity contribution in [1.82, 2.24) is 29.5 Å². The Kier molecular flexibility index (Phi) is 7.39. The van der Waals surface area contributed by atoms with Gasteiger partial charge in [0.2, 0.25) is 17.7 Å². The number of benzene rings is 1. The highest BCUT2D eigenvalue weighted by atomic mass is 32.2. The van der Waals surface area contributed by atoms with Gasteiger partial charge in [-0.2, -0.15) is 19.5 Å². The molecule has 5 heterocycles. The van der Waals surface area contributed by atoms with Gasteiger partial charge in [-0.25, -0.2) is 4.39 Å². The molecule has 0 bridgehead atoms. The van der Waals surface area contributed by atoms with E-state index in [4.69, 9.17) is 14.9 Å². The number of halogens is 1. The second-order valence-corrected chi connectivity index (χ2v) is 11.3. The number of aromatic nitrogens is 5. The molecule has 39 heavy (non-hydrogen) atoms. The van der Waals surface area contributed by atoms with E-state index in [-0.39, 0.29) is 17.9 Å². The lowest BCUT2D eigenvalue weighted by Gasteiger charge is -2.36. The fourth-order valence-electron chi connectivity index (χ4n) is 4.83. The number of ether oxygens (including phenoxy) is 1. The summed E-state index contributed by atoms with van der Waals surface area (Å²) in [6.45, 7) is 4.43. The highest BCUT2D eigenvalue weighted by Crippen LogP contribution is 2.27. The molecule has 1 aromatic carbocycles. The van der Waals surface area contributed by atoms with Crippen LogP contribution in [0.25, 0.3) is 17.4 Å². The molecule has 0 saturated carbocycles. The normalized spacial score (nSPS) is 20.4. The Morgan fingerprint density at radius 2 is 1.95 bits per heavy atom. The number of hydrogen-bond acceptors (Lipinski definition) is 11. The fourth-order valence-corrected chi connectivity index (χ4v) is 6.09. The molecule has 3 aromatic heterocycles. The van der Waals surface area contributed by atoms with Crippen molar-refractivity contribution in [2.45, 2.75) is 18.9 Å². The zero-order valence-electron chi connectivity index (χ0n) is 21.3. The van der Waals surface area contributed by atoms with Gasteiger partial charge in [-0.1, -0.05) is 11.2 Å². The van der Waals surface area contributed by atoms with Crippen LogP contribution >= 0.6 is 0 Å². The van der Waals surface area contributed by atoms with E-state index in [0.717, 1.165) is 45.6 Å². The van der Waals surface area contributed by atoms with Gasteiger partial charge in [0, 0.05) is 58.2 Å². The molecule has 12 nitrogen and oxygen atoms in total. The van der Waals surface area contributed by atoms with E-state index in [9.17, 15) is 8.94 Å². The molecule has 0 amide bonds. The van der Waals surface area contributed by atoms with E-state index in [2.05, 4.69) is 35.2 Å². The zero-order chi connectivity index (χ0) is 26.8. The Morgan fingerprint density at radius 1 is 1.13 bits per heavy atom. The minimum Gasteiger partial charge on any atom is -0.616 e. The Morgan fingerprint density at radius 3 is 2.69 bits per heavy atom. The SMILES string of the molecule is Nc1nc(NCCN2CCN(c3ccc(O[C@H]4CC[S@@+]([O-])CC4)cc3F)CC2)nc2nc(-c3ccco3)nn12. The molecule has 0 spiro atoms. The molecule has 2 aliphatic rings. The summed E-state index contributed by atoms with van der Waals surface area (Å²) in [5.41, 5.74) is 6.64. The van der Waals surface area contributed by atoms with Crippen LogP contribution in [0.5, 0.6) is 5.75 Å². The van der Waals surface area contributed by atoms with Crippen LogP contribution in [-0.2, 0) is 11.2 Å². The largest absolute Gasteiger partial charge is 0.616 e. The Labute approximate surface area is 227 Å². The molecule has 0 unspecified atom stereocenters. The summed E-state index contributed by atoms with van der Waals surface area (Å²) in [4.78, 5) is 17.4. The van der Waals surface area contributed by atoms with Crippen LogP contribution in [0.1, 0.15) is 12.8 Å². The van der Waals surface area contributed by atoms with Crippen molar-refractivity contribution in [3.05, 3.63) is 42.4 Å². The summed E-state index contributed by atoms with van der Waals surface area (Å²) >= 11 is -0.744. The fraction of sp³-hybridized carbons (Fsp3) is 0.440. The van der Waals surface area contributed by atoms with Crippen LogP contribution in [0.2, 0.25) is 0 Å². The van der Waals surface area contributed by atoms with Crippen LogP contribution < -0.4 is 20.7 Å². The molecule has 206 valence electrons. The smallest absolute Gasteiger partial charge is 0.259 e. The van der Waals surface area contributed by atoms with Crippen molar-refractivity contribution in [1.29, 1.82) is 0 Å². The molecular formula is C25H30FN9O3S. The third kappa shape index (κ3) is 5.87. The number of piperazine rings is 1. The third-order valence-corrected chi connectivity index (χ3v) is 8.34. The maximum Gasteiger partial charge on any atom is 0.259 e. The number of nitrogen functional groups attached to an aromatic ring is 1. The summed E-state index contributed by atoms with van der Waals surface area (Å²) in [6.07, 6.45) is 3.04. The number of nitrogens with two attached hydrogens (primary N) is 1. The Bertz CT molecular complexity index is 1400. The first-order chi connectivity index (χ1) is 19.0. The standard InChI is InChI=1S/C25H30FN9O3S/c26-19-16-18(38-17-5-14-39(36)15-6-17)3-4-20(19)34-11-9-33(10-12-34)8-7-28-24-30-23(27)35-25(31-24)29-22(32-35)21-2-1-13-37-21/h1-4,13,16-17H,5-12,14-15H2,(H3,27,28,29,30,31,32)/t17-,39+. The number of rotatable bonds is 8. The lowest BCUT2D eigenvalue weighted by Crippen LogP contribution is -2.48. The van der Waals surface area contributed by atoms with Gasteiger partial charge >= 0.3 is 0 Å².